The number of esters is 1. The second-order valence-corrected chi connectivity index (χ2v) is 1.27. The number of carbonyl (C=O) groups is 1. The van der Waals surface area contributed by atoms with Crippen molar-refractivity contribution in [3.63, 3.8) is 0 Å². The van der Waals surface area contributed by atoms with Crippen LogP contribution in [0.4, 0.5) is 0 Å². The van der Waals surface area contributed by atoms with Crippen LogP contribution in [0.2, 0.25) is 0 Å². The number of hydrogen-bond donors (Lipinski definition) is 0. The maximum atomic E-state index is 10.1. The van der Waals surface area contributed by atoms with Gasteiger partial charge in [0.15, 0.2) is 0 Å². The smallest absolute Gasteiger partial charge is 0.314 e. The van der Waals surface area contributed by atoms with E-state index in [1.165, 1.54) is 0 Å². The quantitative estimate of drug-likeness (QED) is 0.300. The highest BCUT2D eigenvalue weighted by Gasteiger charge is 1.89. The Morgan fingerprint density at radius 2 is 2.57 bits per heavy atom. The van der Waals surface area contributed by atoms with Crippen LogP contribution < -0.4 is 0 Å². The van der Waals surface area contributed by atoms with Gasteiger partial charge in [0.1, 0.15) is 0 Å². The van der Waals surface area contributed by atoms with Crippen molar-refractivity contribution in [3.05, 3.63) is 12.8 Å². The van der Waals surface area contributed by atoms with Gasteiger partial charge in [0.25, 0.3) is 0 Å². The second kappa shape index (κ2) is 3.82. The van der Waals surface area contributed by atoms with Gasteiger partial charge in [-0.25, -0.2) is 0 Å². The third-order valence-corrected chi connectivity index (χ3v) is 0.715. The zero-order valence-electron chi connectivity index (χ0n) is 3.89. The topological polar surface area (TPSA) is 26.3 Å². The summed E-state index contributed by atoms with van der Waals surface area (Å²) in [5.41, 5.74) is 0. The second-order valence-electron chi connectivity index (χ2n) is 0.861. The van der Waals surface area contributed by atoms with E-state index in [0.717, 1.165) is 6.26 Å². The van der Waals surface area contributed by atoms with Crippen molar-refractivity contribution >= 4 is 15.2 Å². The Balaban J connectivity index is 3.17. The van der Waals surface area contributed by atoms with Gasteiger partial charge >= 0.3 is 5.97 Å². The molecule has 0 radical (unpaired) electrons. The van der Waals surface area contributed by atoms with Gasteiger partial charge in [0.2, 0.25) is 0 Å². The fourth-order valence-electron chi connectivity index (χ4n) is 0.141. The van der Waals surface area contributed by atoms with Crippen molar-refractivity contribution in [1.82, 2.24) is 0 Å². The summed E-state index contributed by atoms with van der Waals surface area (Å²) in [7, 11) is 2.25. The summed E-state index contributed by atoms with van der Waals surface area (Å²) in [5, 5.41) is 0. The molecule has 7 heavy (non-hydrogen) atoms. The average Bonchev–Trinajstić information content (AvgIpc) is 1.68. The molecule has 0 aromatic carbocycles. The molecule has 40 valence electrons. The van der Waals surface area contributed by atoms with Crippen LogP contribution in [0, 0.1) is 0 Å². The van der Waals surface area contributed by atoms with E-state index in [2.05, 4.69) is 20.6 Å². The third-order valence-electron chi connectivity index (χ3n) is 0.381. The minimum Gasteiger partial charge on any atom is -0.435 e. The SMILES string of the molecule is C=COC(=O)CP. The molecule has 0 aromatic rings. The Hall–Kier alpha value is -0.360. The summed E-state index contributed by atoms with van der Waals surface area (Å²) in [6.45, 7) is 3.20. The standard InChI is InChI=1S/C4H7O2P/c1-2-6-4(5)3-7/h2H,1,3,7H2. The molecule has 0 bridgehead atoms. The Bertz CT molecular complexity index is 79.8. The van der Waals surface area contributed by atoms with E-state index in [9.17, 15) is 4.79 Å². The van der Waals surface area contributed by atoms with Crippen molar-refractivity contribution in [2.75, 3.05) is 6.16 Å². The van der Waals surface area contributed by atoms with Crippen LogP contribution in [-0.4, -0.2) is 12.1 Å². The van der Waals surface area contributed by atoms with Gasteiger partial charge < -0.3 is 4.74 Å². The van der Waals surface area contributed by atoms with E-state index in [-0.39, 0.29) is 5.97 Å². The molecule has 0 saturated heterocycles. The molecule has 3 heteroatoms. The van der Waals surface area contributed by atoms with E-state index in [1.54, 1.807) is 0 Å². The van der Waals surface area contributed by atoms with Crippen LogP contribution in [-0.2, 0) is 9.53 Å². The third kappa shape index (κ3) is 3.47. The van der Waals surface area contributed by atoms with Gasteiger partial charge in [-0.3, -0.25) is 4.79 Å². The predicted molar refractivity (Wildman–Crippen MR) is 30.9 cm³/mol. The molecule has 0 saturated carbocycles. The van der Waals surface area contributed by atoms with Crippen LogP contribution >= 0.6 is 9.24 Å². The van der Waals surface area contributed by atoms with E-state index >= 15 is 0 Å². The largest absolute Gasteiger partial charge is 0.435 e. The Morgan fingerprint density at radius 3 is 2.71 bits per heavy atom. The molecule has 0 spiro atoms. The first kappa shape index (κ1) is 6.64. The molecule has 1 atom stereocenters. The fourth-order valence-corrected chi connectivity index (χ4v) is 0.237. The maximum absolute atomic E-state index is 10.1. The molecule has 0 fully saturated rings. The first-order valence-corrected chi connectivity index (χ1v) is 2.63. The fraction of sp³-hybridized carbons (Fsp3) is 0.250. The monoisotopic (exact) mass is 118 g/mol. The highest BCUT2D eigenvalue weighted by Crippen LogP contribution is 1.83. The minimum atomic E-state index is -0.278. The van der Waals surface area contributed by atoms with Crippen LogP contribution in [0.25, 0.3) is 0 Å². The first-order valence-electron chi connectivity index (χ1n) is 1.81. The Morgan fingerprint density at radius 1 is 2.00 bits per heavy atom. The Kier molecular flexibility index (Phi) is 3.62. The summed E-state index contributed by atoms with van der Waals surface area (Å²) in [5.74, 6) is -0.278. The van der Waals surface area contributed by atoms with Crippen molar-refractivity contribution < 1.29 is 9.53 Å². The molecule has 0 aliphatic heterocycles. The van der Waals surface area contributed by atoms with E-state index in [0.29, 0.717) is 6.16 Å². The predicted octanol–water partition coefficient (Wildman–Crippen LogP) is 0.548. The van der Waals surface area contributed by atoms with Gasteiger partial charge in [0, 0.05) is 0 Å². The molecule has 0 aliphatic carbocycles. The maximum Gasteiger partial charge on any atom is 0.314 e. The molecule has 0 N–H and O–H groups in total. The molecular weight excluding hydrogens is 111 g/mol. The molecule has 0 aliphatic rings. The Labute approximate surface area is 44.7 Å². The minimum absolute atomic E-state index is 0.278. The molecule has 1 unspecified atom stereocenters. The van der Waals surface area contributed by atoms with Crippen LogP contribution in [0.15, 0.2) is 12.8 Å². The number of rotatable bonds is 2. The van der Waals surface area contributed by atoms with Gasteiger partial charge in [-0.1, -0.05) is 6.58 Å². The van der Waals surface area contributed by atoms with Crippen molar-refractivity contribution in [2.24, 2.45) is 0 Å². The number of hydrogen-bond acceptors (Lipinski definition) is 2. The highest BCUT2D eigenvalue weighted by atomic mass is 31.0. The molecule has 0 aromatic heterocycles. The highest BCUT2D eigenvalue weighted by molar-refractivity contribution is 7.18. The van der Waals surface area contributed by atoms with Crippen molar-refractivity contribution in [2.45, 2.75) is 0 Å². The molecule has 0 amide bonds. The summed E-state index contributed by atoms with van der Waals surface area (Å²) >= 11 is 0. The molecule has 0 rings (SSSR count). The summed E-state index contributed by atoms with van der Waals surface area (Å²) in [4.78, 5) is 10.1. The number of carbonyl (C=O) groups excluding carboxylic acids is 1. The molecular formula is C4H7O2P. The van der Waals surface area contributed by atoms with Crippen molar-refractivity contribution in [3.8, 4) is 0 Å². The van der Waals surface area contributed by atoms with E-state index in [4.69, 9.17) is 0 Å². The average molecular weight is 118 g/mol. The van der Waals surface area contributed by atoms with E-state index < -0.39 is 0 Å². The summed E-state index contributed by atoms with van der Waals surface area (Å²) < 4.78 is 4.30. The number of ether oxygens (including phenoxy) is 1. The van der Waals surface area contributed by atoms with Gasteiger partial charge in [0.05, 0.1) is 12.4 Å². The normalized spacial score (nSPS) is 7.57. The lowest BCUT2D eigenvalue weighted by atomic mass is 10.8. The van der Waals surface area contributed by atoms with Gasteiger partial charge in [-0.05, 0) is 0 Å². The first-order chi connectivity index (χ1) is 3.31. The lowest BCUT2D eigenvalue weighted by Crippen LogP contribution is -1.98. The zero-order chi connectivity index (χ0) is 5.70. The van der Waals surface area contributed by atoms with Gasteiger partial charge in [-0.2, -0.15) is 0 Å². The molecule has 0 heterocycles. The zero-order valence-corrected chi connectivity index (χ0v) is 5.04. The van der Waals surface area contributed by atoms with Crippen LogP contribution in [0.5, 0.6) is 0 Å². The van der Waals surface area contributed by atoms with Crippen molar-refractivity contribution in [1.29, 1.82) is 0 Å². The van der Waals surface area contributed by atoms with Crippen LogP contribution in [0.3, 0.4) is 0 Å². The van der Waals surface area contributed by atoms with Gasteiger partial charge in [-0.15, -0.1) is 9.24 Å². The van der Waals surface area contributed by atoms with E-state index in [1.807, 2.05) is 0 Å². The summed E-state index contributed by atoms with van der Waals surface area (Å²) in [6.07, 6.45) is 1.44. The van der Waals surface area contributed by atoms with Crippen LogP contribution in [0.1, 0.15) is 0 Å². The molecule has 2 nitrogen and oxygen atoms in total. The lowest BCUT2D eigenvalue weighted by molar-refractivity contribution is -0.134. The summed E-state index contributed by atoms with van der Waals surface area (Å²) in [6, 6.07) is 0. The lowest BCUT2D eigenvalue weighted by Gasteiger charge is -1.88.